The van der Waals surface area contributed by atoms with E-state index in [0.717, 1.165) is 28.8 Å². The van der Waals surface area contributed by atoms with Crippen LogP contribution in [0, 0.1) is 6.92 Å². The van der Waals surface area contributed by atoms with Gasteiger partial charge < -0.3 is 10.6 Å². The van der Waals surface area contributed by atoms with Crippen molar-refractivity contribution in [2.45, 2.75) is 46.5 Å². The van der Waals surface area contributed by atoms with Gasteiger partial charge >= 0.3 is 0 Å². The third kappa shape index (κ3) is 4.20. The predicted molar refractivity (Wildman–Crippen MR) is 85.3 cm³/mol. The van der Waals surface area contributed by atoms with E-state index in [2.05, 4.69) is 47.7 Å². The molecule has 0 saturated carbocycles. The Hall–Kier alpha value is -0.700. The van der Waals surface area contributed by atoms with Gasteiger partial charge in [0.2, 0.25) is 0 Å². The molecule has 0 aliphatic carbocycles. The minimum absolute atomic E-state index is 0.858. The standard InChI is InChI=1S/C15H25BrN2/c1-4-6-8-18(9-7-5-2)15-10-12(3)14(17)11-13(15)16/h10-11H,4-9,17H2,1-3H3. The molecule has 0 unspecified atom stereocenters. The molecule has 0 heterocycles. The Bertz CT molecular complexity index is 369. The molecular formula is C15H25BrN2. The lowest BCUT2D eigenvalue weighted by Crippen LogP contribution is -2.26. The lowest BCUT2D eigenvalue weighted by Gasteiger charge is -2.26. The van der Waals surface area contributed by atoms with Crippen LogP contribution < -0.4 is 10.6 Å². The van der Waals surface area contributed by atoms with Gasteiger partial charge in [0.25, 0.3) is 0 Å². The first kappa shape index (κ1) is 15.4. The van der Waals surface area contributed by atoms with Crippen molar-refractivity contribution in [2.24, 2.45) is 0 Å². The van der Waals surface area contributed by atoms with E-state index in [4.69, 9.17) is 5.73 Å². The summed E-state index contributed by atoms with van der Waals surface area (Å²) in [5.41, 5.74) is 9.24. The Kier molecular flexibility index (Phi) is 6.55. The fourth-order valence-corrected chi connectivity index (χ4v) is 2.59. The van der Waals surface area contributed by atoms with Crippen LogP contribution in [0.4, 0.5) is 11.4 Å². The number of unbranched alkanes of at least 4 members (excludes halogenated alkanes) is 2. The smallest absolute Gasteiger partial charge is 0.0514 e. The second-order valence-electron chi connectivity index (χ2n) is 4.85. The normalized spacial score (nSPS) is 10.7. The molecule has 3 heteroatoms. The second-order valence-corrected chi connectivity index (χ2v) is 5.71. The zero-order valence-electron chi connectivity index (χ0n) is 11.8. The highest BCUT2D eigenvalue weighted by molar-refractivity contribution is 9.10. The molecule has 102 valence electrons. The number of rotatable bonds is 7. The molecule has 0 bridgehead atoms. The van der Waals surface area contributed by atoms with Crippen molar-refractivity contribution in [3.63, 3.8) is 0 Å². The number of nitrogens with zero attached hydrogens (tertiary/aromatic N) is 1. The van der Waals surface area contributed by atoms with Gasteiger partial charge in [0.1, 0.15) is 0 Å². The summed E-state index contributed by atoms with van der Waals surface area (Å²) in [6.45, 7) is 8.79. The average Bonchev–Trinajstić information content (AvgIpc) is 2.35. The van der Waals surface area contributed by atoms with Gasteiger partial charge in [-0.3, -0.25) is 0 Å². The number of benzene rings is 1. The summed E-state index contributed by atoms with van der Waals surface area (Å²) in [5.74, 6) is 0. The number of hydrogen-bond donors (Lipinski definition) is 1. The molecule has 0 fully saturated rings. The molecule has 0 spiro atoms. The van der Waals surface area contributed by atoms with E-state index >= 15 is 0 Å². The molecule has 2 N–H and O–H groups in total. The van der Waals surface area contributed by atoms with E-state index in [0.29, 0.717) is 0 Å². The van der Waals surface area contributed by atoms with Crippen molar-refractivity contribution in [1.82, 2.24) is 0 Å². The molecule has 0 amide bonds. The summed E-state index contributed by atoms with van der Waals surface area (Å²) in [6, 6.07) is 4.22. The van der Waals surface area contributed by atoms with Gasteiger partial charge in [0, 0.05) is 23.2 Å². The monoisotopic (exact) mass is 312 g/mol. The third-order valence-corrected chi connectivity index (χ3v) is 3.87. The maximum atomic E-state index is 5.94. The topological polar surface area (TPSA) is 29.3 Å². The maximum Gasteiger partial charge on any atom is 0.0514 e. The fraction of sp³-hybridized carbons (Fsp3) is 0.600. The number of anilines is 2. The van der Waals surface area contributed by atoms with Gasteiger partial charge in [-0.25, -0.2) is 0 Å². The quantitative estimate of drug-likeness (QED) is 0.736. The van der Waals surface area contributed by atoms with Crippen molar-refractivity contribution in [3.05, 3.63) is 22.2 Å². The van der Waals surface area contributed by atoms with Crippen molar-refractivity contribution < 1.29 is 0 Å². The van der Waals surface area contributed by atoms with Crippen LogP contribution in [-0.4, -0.2) is 13.1 Å². The molecule has 2 nitrogen and oxygen atoms in total. The molecule has 1 aromatic rings. The Morgan fingerprint density at radius 1 is 1.11 bits per heavy atom. The maximum absolute atomic E-state index is 5.94. The Morgan fingerprint density at radius 2 is 1.67 bits per heavy atom. The van der Waals surface area contributed by atoms with Crippen LogP contribution in [0.25, 0.3) is 0 Å². The van der Waals surface area contributed by atoms with Gasteiger partial charge in [0.05, 0.1) is 5.69 Å². The zero-order valence-corrected chi connectivity index (χ0v) is 13.4. The van der Waals surface area contributed by atoms with Crippen LogP contribution in [0.15, 0.2) is 16.6 Å². The average molecular weight is 313 g/mol. The highest BCUT2D eigenvalue weighted by Crippen LogP contribution is 2.31. The molecule has 0 radical (unpaired) electrons. The molecule has 0 atom stereocenters. The first-order valence-electron chi connectivity index (χ1n) is 6.90. The van der Waals surface area contributed by atoms with Crippen molar-refractivity contribution in [3.8, 4) is 0 Å². The van der Waals surface area contributed by atoms with E-state index in [9.17, 15) is 0 Å². The SMILES string of the molecule is CCCCN(CCCC)c1cc(C)c(N)cc1Br. The van der Waals surface area contributed by atoms with Crippen molar-refractivity contribution in [2.75, 3.05) is 23.7 Å². The van der Waals surface area contributed by atoms with Crippen molar-refractivity contribution in [1.29, 1.82) is 0 Å². The summed E-state index contributed by atoms with van der Waals surface area (Å²) in [4.78, 5) is 2.48. The summed E-state index contributed by atoms with van der Waals surface area (Å²) in [6.07, 6.45) is 4.93. The first-order chi connectivity index (χ1) is 8.60. The molecule has 18 heavy (non-hydrogen) atoms. The van der Waals surface area contributed by atoms with E-state index in [1.54, 1.807) is 0 Å². The molecule has 1 rings (SSSR count). The molecule has 0 aromatic heterocycles. The highest BCUT2D eigenvalue weighted by atomic mass is 79.9. The second kappa shape index (κ2) is 7.67. The summed E-state index contributed by atoms with van der Waals surface area (Å²) >= 11 is 3.64. The molecule has 0 saturated heterocycles. The van der Waals surface area contributed by atoms with Gasteiger partial charge in [-0.05, 0) is 53.4 Å². The molecule has 0 aliphatic heterocycles. The van der Waals surface area contributed by atoms with Gasteiger partial charge in [-0.2, -0.15) is 0 Å². The Balaban J connectivity index is 2.92. The van der Waals surface area contributed by atoms with Crippen LogP contribution in [0.1, 0.15) is 45.1 Å². The molecular weight excluding hydrogens is 288 g/mol. The number of halogens is 1. The van der Waals surface area contributed by atoms with Crippen LogP contribution in [0.3, 0.4) is 0 Å². The van der Waals surface area contributed by atoms with Crippen LogP contribution in [-0.2, 0) is 0 Å². The Morgan fingerprint density at radius 3 is 2.17 bits per heavy atom. The van der Waals surface area contributed by atoms with Crippen LogP contribution >= 0.6 is 15.9 Å². The number of nitrogens with two attached hydrogens (primary N) is 1. The summed E-state index contributed by atoms with van der Waals surface area (Å²) < 4.78 is 1.11. The van der Waals surface area contributed by atoms with E-state index in [1.165, 1.54) is 31.4 Å². The zero-order chi connectivity index (χ0) is 13.5. The van der Waals surface area contributed by atoms with Gasteiger partial charge in [0.15, 0.2) is 0 Å². The van der Waals surface area contributed by atoms with E-state index < -0.39 is 0 Å². The number of hydrogen-bond acceptors (Lipinski definition) is 2. The minimum Gasteiger partial charge on any atom is -0.398 e. The van der Waals surface area contributed by atoms with Crippen molar-refractivity contribution >= 4 is 27.3 Å². The fourth-order valence-electron chi connectivity index (χ4n) is 1.97. The van der Waals surface area contributed by atoms with Gasteiger partial charge in [-0.1, -0.05) is 26.7 Å². The highest BCUT2D eigenvalue weighted by Gasteiger charge is 2.11. The van der Waals surface area contributed by atoms with Crippen LogP contribution in [0.2, 0.25) is 0 Å². The molecule has 0 aliphatic rings. The number of nitrogen functional groups attached to an aromatic ring is 1. The molecule has 1 aromatic carbocycles. The summed E-state index contributed by atoms with van der Waals surface area (Å²) in [7, 11) is 0. The largest absolute Gasteiger partial charge is 0.398 e. The minimum atomic E-state index is 0.858. The third-order valence-electron chi connectivity index (χ3n) is 3.24. The van der Waals surface area contributed by atoms with Gasteiger partial charge in [-0.15, -0.1) is 0 Å². The predicted octanol–water partition coefficient (Wildman–Crippen LogP) is 4.75. The van der Waals surface area contributed by atoms with E-state index in [1.807, 2.05) is 6.07 Å². The lowest BCUT2D eigenvalue weighted by atomic mass is 10.1. The van der Waals surface area contributed by atoms with E-state index in [-0.39, 0.29) is 0 Å². The lowest BCUT2D eigenvalue weighted by molar-refractivity contribution is 0.677. The van der Waals surface area contributed by atoms with Crippen LogP contribution in [0.5, 0.6) is 0 Å². The Labute approximate surface area is 120 Å². The summed E-state index contributed by atoms with van der Waals surface area (Å²) in [5, 5.41) is 0. The number of aryl methyl sites for hydroxylation is 1. The first-order valence-corrected chi connectivity index (χ1v) is 7.70.